The molecule has 9 nitrogen and oxygen atoms in total. The van der Waals surface area contributed by atoms with Crippen molar-refractivity contribution in [3.8, 4) is 22.6 Å². The van der Waals surface area contributed by atoms with Gasteiger partial charge in [0.05, 0.1) is 28.6 Å². The van der Waals surface area contributed by atoms with Crippen molar-refractivity contribution in [3.63, 3.8) is 0 Å². The minimum Gasteiger partial charge on any atom is -0.486 e. The number of nitrogens with one attached hydrogen (secondary N) is 2. The van der Waals surface area contributed by atoms with Crippen LogP contribution in [0.5, 0.6) is 11.5 Å². The lowest BCUT2D eigenvalue weighted by atomic mass is 10.0. The van der Waals surface area contributed by atoms with Crippen LogP contribution in [0.15, 0.2) is 48.3 Å². The first-order chi connectivity index (χ1) is 17.5. The molecule has 0 saturated carbocycles. The van der Waals surface area contributed by atoms with Crippen molar-refractivity contribution in [2.24, 2.45) is 5.73 Å². The normalized spacial score (nSPS) is 17.3. The number of carbonyl (C=O) groups excluding carboxylic acids is 1. The van der Waals surface area contributed by atoms with E-state index >= 15 is 0 Å². The van der Waals surface area contributed by atoms with Crippen LogP contribution >= 0.6 is 23.1 Å². The van der Waals surface area contributed by atoms with Gasteiger partial charge in [-0.05, 0) is 47.8 Å². The van der Waals surface area contributed by atoms with Crippen molar-refractivity contribution in [1.29, 1.82) is 0 Å². The van der Waals surface area contributed by atoms with Gasteiger partial charge >= 0.3 is 0 Å². The maximum atomic E-state index is 11.5. The summed E-state index contributed by atoms with van der Waals surface area (Å²) in [7, 11) is 0. The van der Waals surface area contributed by atoms with Gasteiger partial charge in [0.15, 0.2) is 22.1 Å². The predicted octanol–water partition coefficient (Wildman–Crippen LogP) is 4.50. The standard InChI is InChI=1S/C25H21ClN6O3S/c26-22-15(13-4-6-19-20(10-13)35-9-8-34-19)2-1-3-18(22)31-24-23-25(36-32-24)28-12-14(29-23)11-16(27)17-5-7-21(33)30-17/h1-4,6,10-12,17H,5,7-9,27H2,(H,30,33)(H,31,32). The Kier molecular flexibility index (Phi) is 5.82. The molecule has 0 bridgehead atoms. The van der Waals surface area contributed by atoms with Crippen LogP contribution in [0.3, 0.4) is 0 Å². The van der Waals surface area contributed by atoms with Gasteiger partial charge < -0.3 is 25.8 Å². The largest absolute Gasteiger partial charge is 0.486 e. The molecule has 0 aliphatic carbocycles. The fourth-order valence-corrected chi connectivity index (χ4v) is 5.14. The zero-order chi connectivity index (χ0) is 24.6. The molecule has 0 radical (unpaired) electrons. The van der Waals surface area contributed by atoms with Crippen LogP contribution in [0.4, 0.5) is 11.5 Å². The molecule has 36 heavy (non-hydrogen) atoms. The van der Waals surface area contributed by atoms with E-state index in [9.17, 15) is 4.79 Å². The molecule has 1 atom stereocenters. The van der Waals surface area contributed by atoms with Crippen LogP contribution in [0, 0.1) is 0 Å². The van der Waals surface area contributed by atoms with Gasteiger partial charge in [-0.15, -0.1) is 0 Å². The summed E-state index contributed by atoms with van der Waals surface area (Å²) < 4.78 is 15.9. The third kappa shape index (κ3) is 4.29. The van der Waals surface area contributed by atoms with Gasteiger partial charge in [-0.1, -0.05) is 29.8 Å². The highest BCUT2D eigenvalue weighted by atomic mass is 35.5. The number of nitrogens with zero attached hydrogens (tertiary/aromatic N) is 3. The fraction of sp³-hybridized carbons (Fsp3) is 0.200. The molecule has 4 N–H and O–H groups in total. The smallest absolute Gasteiger partial charge is 0.220 e. The molecule has 4 aromatic rings. The number of nitrogens with two attached hydrogens (primary N) is 1. The van der Waals surface area contributed by atoms with Gasteiger partial charge in [0.2, 0.25) is 5.91 Å². The van der Waals surface area contributed by atoms with Crippen molar-refractivity contribution in [1.82, 2.24) is 19.7 Å². The molecule has 1 saturated heterocycles. The first-order valence-corrected chi connectivity index (χ1v) is 12.5. The highest BCUT2D eigenvalue weighted by molar-refractivity contribution is 7.13. The van der Waals surface area contributed by atoms with Crippen LogP contribution in [0.1, 0.15) is 18.5 Å². The Balaban J connectivity index is 1.30. The number of carbonyl (C=O) groups is 1. The summed E-state index contributed by atoms with van der Waals surface area (Å²) in [6.07, 6.45) is 4.52. The summed E-state index contributed by atoms with van der Waals surface area (Å²) in [5.41, 5.74) is 10.4. The lowest BCUT2D eigenvalue weighted by Gasteiger charge is -2.19. The van der Waals surface area contributed by atoms with Crippen molar-refractivity contribution >= 4 is 57.0 Å². The molecular weight excluding hydrogens is 500 g/mol. The molecule has 11 heteroatoms. The van der Waals surface area contributed by atoms with Crippen molar-refractivity contribution < 1.29 is 14.3 Å². The minimum atomic E-state index is -0.185. The summed E-state index contributed by atoms with van der Waals surface area (Å²) >= 11 is 8.06. The molecule has 1 unspecified atom stereocenters. The van der Waals surface area contributed by atoms with Crippen molar-refractivity contribution in [3.05, 3.63) is 59.0 Å². The molecule has 0 spiro atoms. The number of anilines is 2. The van der Waals surface area contributed by atoms with E-state index in [1.807, 2.05) is 36.4 Å². The molecule has 6 rings (SSSR count). The summed E-state index contributed by atoms with van der Waals surface area (Å²) in [6, 6.07) is 11.3. The van der Waals surface area contributed by atoms with Crippen molar-refractivity contribution in [2.45, 2.75) is 18.9 Å². The van der Waals surface area contributed by atoms with Crippen molar-refractivity contribution in [2.75, 3.05) is 18.5 Å². The monoisotopic (exact) mass is 520 g/mol. The Morgan fingerprint density at radius 1 is 1.22 bits per heavy atom. The highest BCUT2D eigenvalue weighted by Crippen LogP contribution is 2.40. The Labute approximate surface area is 215 Å². The Bertz CT molecular complexity index is 1520. The van der Waals surface area contributed by atoms with E-state index in [0.29, 0.717) is 70.1 Å². The van der Waals surface area contributed by atoms with E-state index in [2.05, 4.69) is 20.0 Å². The molecule has 1 fully saturated rings. The third-order valence-corrected chi connectivity index (χ3v) is 7.18. The number of aromatic nitrogens is 3. The van der Waals surface area contributed by atoms with Crippen LogP contribution in [-0.2, 0) is 4.79 Å². The van der Waals surface area contributed by atoms with E-state index in [-0.39, 0.29) is 11.9 Å². The summed E-state index contributed by atoms with van der Waals surface area (Å²) in [6.45, 7) is 1.06. The maximum absolute atomic E-state index is 11.5. The van der Waals surface area contributed by atoms with Crippen LogP contribution in [0.2, 0.25) is 5.02 Å². The second kappa shape index (κ2) is 9.29. The fourth-order valence-electron chi connectivity index (χ4n) is 4.22. The van der Waals surface area contributed by atoms with Gasteiger partial charge in [0.25, 0.3) is 0 Å². The number of halogens is 1. The number of ether oxygens (including phenoxy) is 2. The number of benzene rings is 2. The topological polar surface area (TPSA) is 124 Å². The number of rotatable bonds is 5. The minimum absolute atomic E-state index is 0.00163. The average Bonchev–Trinajstić information content (AvgIpc) is 3.51. The van der Waals surface area contributed by atoms with Crippen LogP contribution < -0.4 is 25.8 Å². The van der Waals surface area contributed by atoms with E-state index in [0.717, 1.165) is 16.9 Å². The molecule has 4 heterocycles. The van der Waals surface area contributed by atoms with Gasteiger partial charge in [0.1, 0.15) is 18.7 Å². The number of hydrogen-bond acceptors (Lipinski definition) is 9. The van der Waals surface area contributed by atoms with E-state index < -0.39 is 0 Å². The number of hydrogen-bond donors (Lipinski definition) is 3. The van der Waals surface area contributed by atoms with Gasteiger partial charge in [-0.2, -0.15) is 4.37 Å². The molecule has 2 aromatic carbocycles. The molecule has 2 aromatic heterocycles. The SMILES string of the molecule is NC(=Cc1cnc2snc(Nc3cccc(-c4ccc5c(c4)OCCO5)c3Cl)c2n1)C1CCC(=O)N1. The Morgan fingerprint density at radius 2 is 2.08 bits per heavy atom. The van der Waals surface area contributed by atoms with E-state index in [1.165, 1.54) is 11.5 Å². The zero-order valence-corrected chi connectivity index (χ0v) is 20.5. The molecule has 2 aliphatic rings. The van der Waals surface area contributed by atoms with Crippen LogP contribution in [-0.4, -0.2) is 39.5 Å². The second-order valence-corrected chi connectivity index (χ2v) is 9.56. The quantitative estimate of drug-likeness (QED) is 0.351. The van der Waals surface area contributed by atoms with Crippen LogP contribution in [0.25, 0.3) is 27.6 Å². The molecule has 182 valence electrons. The Hall–Kier alpha value is -3.89. The zero-order valence-electron chi connectivity index (χ0n) is 19.0. The summed E-state index contributed by atoms with van der Waals surface area (Å²) in [4.78, 5) is 21.4. The molecule has 1 amide bonds. The summed E-state index contributed by atoms with van der Waals surface area (Å²) in [5, 5.41) is 6.71. The van der Waals surface area contributed by atoms with Gasteiger partial charge in [-0.25, -0.2) is 9.97 Å². The third-order valence-electron chi connectivity index (χ3n) is 6.02. The van der Waals surface area contributed by atoms with E-state index in [4.69, 9.17) is 31.8 Å². The lowest BCUT2D eigenvalue weighted by Crippen LogP contribution is -2.30. The maximum Gasteiger partial charge on any atom is 0.220 e. The lowest BCUT2D eigenvalue weighted by molar-refractivity contribution is -0.119. The van der Waals surface area contributed by atoms with Gasteiger partial charge in [-0.3, -0.25) is 4.79 Å². The first-order valence-electron chi connectivity index (χ1n) is 11.4. The highest BCUT2D eigenvalue weighted by Gasteiger charge is 2.23. The van der Waals surface area contributed by atoms with E-state index in [1.54, 1.807) is 12.3 Å². The Morgan fingerprint density at radius 3 is 2.92 bits per heavy atom. The number of fused-ring (bicyclic) bond motifs is 2. The average molecular weight is 521 g/mol. The predicted molar refractivity (Wildman–Crippen MR) is 140 cm³/mol. The first kappa shape index (κ1) is 22.6. The molecule has 2 aliphatic heterocycles. The second-order valence-electron chi connectivity index (χ2n) is 8.43. The molecular formula is C25H21ClN6O3S. The number of amides is 1. The summed E-state index contributed by atoms with van der Waals surface area (Å²) in [5.74, 6) is 1.98. The van der Waals surface area contributed by atoms with Gasteiger partial charge in [0, 0.05) is 17.7 Å².